The number of nitrogens with one attached hydrogen (secondary N) is 1. The molecular weight excluding hydrogens is 514 g/mol. The van der Waals surface area contributed by atoms with E-state index in [2.05, 4.69) is 39.6 Å². The molecule has 0 fully saturated rings. The van der Waals surface area contributed by atoms with Crippen LogP contribution in [-0.2, 0) is 33.3 Å². The molecule has 0 rings (SSSR count). The third kappa shape index (κ3) is 13.0. The standard InChI is InChI=1S/C31H59NO8/c1-13-23(7)38-24(8)19-29(10,14-2)40-26(20-33)21-37-30(11,15-3)25(9)39-31(12,16-4)28(35)32-17-18-36-27(34)22(5)6/h23-26,33H,5,13-21H2,1-4,6-12H3,(H,32,35). The summed E-state index contributed by atoms with van der Waals surface area (Å²) in [6.45, 7) is 25.1. The maximum Gasteiger partial charge on any atom is 0.333 e. The number of hydrogen-bond acceptors (Lipinski definition) is 8. The van der Waals surface area contributed by atoms with Crippen LogP contribution in [-0.4, -0.2) is 84.6 Å². The van der Waals surface area contributed by atoms with Gasteiger partial charge in [0, 0.05) is 12.0 Å². The van der Waals surface area contributed by atoms with Crippen LogP contribution in [0.15, 0.2) is 12.2 Å². The van der Waals surface area contributed by atoms with Crippen molar-refractivity contribution in [2.45, 2.75) is 149 Å². The molecule has 40 heavy (non-hydrogen) atoms. The molecule has 0 aliphatic heterocycles. The van der Waals surface area contributed by atoms with Crippen LogP contribution in [0.4, 0.5) is 0 Å². The molecule has 0 radical (unpaired) electrons. The summed E-state index contributed by atoms with van der Waals surface area (Å²) in [6, 6.07) is 0. The van der Waals surface area contributed by atoms with Gasteiger partial charge in [0.15, 0.2) is 0 Å². The molecule has 0 saturated heterocycles. The van der Waals surface area contributed by atoms with Crippen molar-refractivity contribution in [3.8, 4) is 0 Å². The number of rotatable bonds is 22. The molecule has 9 heteroatoms. The Labute approximate surface area is 243 Å². The van der Waals surface area contributed by atoms with E-state index in [9.17, 15) is 14.7 Å². The Kier molecular flexibility index (Phi) is 17.4. The average Bonchev–Trinajstić information content (AvgIpc) is 2.92. The van der Waals surface area contributed by atoms with Gasteiger partial charge in [0.2, 0.25) is 0 Å². The van der Waals surface area contributed by atoms with E-state index < -0.39 is 35.0 Å². The van der Waals surface area contributed by atoms with Crippen molar-refractivity contribution in [2.75, 3.05) is 26.4 Å². The van der Waals surface area contributed by atoms with Crippen molar-refractivity contribution in [1.29, 1.82) is 0 Å². The highest BCUT2D eigenvalue weighted by atomic mass is 16.6. The van der Waals surface area contributed by atoms with Crippen LogP contribution in [0, 0.1) is 0 Å². The van der Waals surface area contributed by atoms with Crippen molar-refractivity contribution in [3.05, 3.63) is 12.2 Å². The van der Waals surface area contributed by atoms with E-state index in [-0.39, 0.29) is 44.5 Å². The molecule has 236 valence electrons. The minimum Gasteiger partial charge on any atom is -0.460 e. The monoisotopic (exact) mass is 573 g/mol. The highest BCUT2D eigenvalue weighted by molar-refractivity contribution is 5.87. The number of ether oxygens (including phenoxy) is 5. The molecule has 0 aliphatic carbocycles. The number of amides is 1. The minimum absolute atomic E-state index is 0.0190. The second-order valence-electron chi connectivity index (χ2n) is 11.6. The van der Waals surface area contributed by atoms with E-state index in [1.165, 1.54) is 0 Å². The van der Waals surface area contributed by atoms with Crippen LogP contribution in [0.1, 0.15) is 108 Å². The molecule has 7 unspecified atom stereocenters. The number of esters is 1. The molecule has 0 saturated carbocycles. The first-order chi connectivity index (χ1) is 18.5. The lowest BCUT2D eigenvalue weighted by molar-refractivity contribution is -0.208. The van der Waals surface area contributed by atoms with Gasteiger partial charge < -0.3 is 34.1 Å². The normalized spacial score (nSPS) is 19.3. The number of aliphatic hydroxyl groups excluding tert-OH is 1. The zero-order chi connectivity index (χ0) is 31.1. The van der Waals surface area contributed by atoms with E-state index in [0.29, 0.717) is 24.8 Å². The van der Waals surface area contributed by atoms with Crippen LogP contribution in [0.5, 0.6) is 0 Å². The fraction of sp³-hybridized carbons (Fsp3) is 0.871. The van der Waals surface area contributed by atoms with Crippen LogP contribution in [0.3, 0.4) is 0 Å². The lowest BCUT2D eigenvalue weighted by Gasteiger charge is -2.41. The van der Waals surface area contributed by atoms with E-state index in [1.807, 2.05) is 34.6 Å². The molecule has 0 bridgehead atoms. The van der Waals surface area contributed by atoms with Crippen LogP contribution < -0.4 is 5.32 Å². The molecule has 0 heterocycles. The Morgan fingerprint density at radius 3 is 2.05 bits per heavy atom. The summed E-state index contributed by atoms with van der Waals surface area (Å²) >= 11 is 0. The molecule has 7 atom stereocenters. The van der Waals surface area contributed by atoms with E-state index >= 15 is 0 Å². The topological polar surface area (TPSA) is 113 Å². The number of aliphatic hydroxyl groups is 1. The molecule has 1 amide bonds. The third-order valence-corrected chi connectivity index (χ3v) is 7.88. The highest BCUT2D eigenvalue weighted by Gasteiger charge is 2.41. The summed E-state index contributed by atoms with van der Waals surface area (Å²) in [5.41, 5.74) is -2.03. The molecule has 0 spiro atoms. The van der Waals surface area contributed by atoms with Crippen LogP contribution >= 0.6 is 0 Å². The van der Waals surface area contributed by atoms with Crippen molar-refractivity contribution in [3.63, 3.8) is 0 Å². The SMILES string of the molecule is C=C(C)C(=O)OCCNC(=O)C(C)(CC)OC(C)C(C)(CC)OCC(CO)OC(C)(CC)CC(C)OC(C)CC. The lowest BCUT2D eigenvalue weighted by Crippen LogP contribution is -2.53. The van der Waals surface area contributed by atoms with Gasteiger partial charge in [0.25, 0.3) is 5.91 Å². The smallest absolute Gasteiger partial charge is 0.333 e. The van der Waals surface area contributed by atoms with Crippen molar-refractivity contribution in [2.24, 2.45) is 0 Å². The first-order valence-electron chi connectivity index (χ1n) is 14.9. The first-order valence-corrected chi connectivity index (χ1v) is 14.9. The van der Waals surface area contributed by atoms with Gasteiger partial charge in [-0.2, -0.15) is 0 Å². The highest BCUT2D eigenvalue weighted by Crippen LogP contribution is 2.30. The van der Waals surface area contributed by atoms with Crippen LogP contribution in [0.2, 0.25) is 0 Å². The average molecular weight is 574 g/mol. The van der Waals surface area contributed by atoms with Gasteiger partial charge in [0.05, 0.1) is 49.3 Å². The van der Waals surface area contributed by atoms with Gasteiger partial charge in [-0.05, 0) is 74.1 Å². The zero-order valence-electron chi connectivity index (χ0n) is 27.2. The van der Waals surface area contributed by atoms with Crippen LogP contribution in [0.25, 0.3) is 0 Å². The first kappa shape index (κ1) is 38.5. The molecule has 0 aromatic rings. The summed E-state index contributed by atoms with van der Waals surface area (Å²) in [7, 11) is 0. The van der Waals surface area contributed by atoms with Gasteiger partial charge in [-0.25, -0.2) is 4.79 Å². The largest absolute Gasteiger partial charge is 0.460 e. The Morgan fingerprint density at radius 1 is 0.950 bits per heavy atom. The summed E-state index contributed by atoms with van der Waals surface area (Å²) in [5, 5.41) is 12.9. The second-order valence-corrected chi connectivity index (χ2v) is 11.6. The zero-order valence-corrected chi connectivity index (χ0v) is 27.2. The molecule has 9 nitrogen and oxygen atoms in total. The summed E-state index contributed by atoms with van der Waals surface area (Å²) in [4.78, 5) is 24.6. The predicted octanol–water partition coefficient (Wildman–Crippen LogP) is 5.12. The summed E-state index contributed by atoms with van der Waals surface area (Å²) in [5.74, 6) is -0.790. The van der Waals surface area contributed by atoms with Gasteiger partial charge in [0.1, 0.15) is 18.3 Å². The van der Waals surface area contributed by atoms with Gasteiger partial charge in [-0.3, -0.25) is 4.79 Å². The van der Waals surface area contributed by atoms with E-state index in [1.54, 1.807) is 13.8 Å². The fourth-order valence-electron chi connectivity index (χ4n) is 4.17. The minimum atomic E-state index is -1.11. The Morgan fingerprint density at radius 2 is 1.57 bits per heavy atom. The lowest BCUT2D eigenvalue weighted by atomic mass is 9.94. The fourth-order valence-corrected chi connectivity index (χ4v) is 4.17. The third-order valence-electron chi connectivity index (χ3n) is 7.88. The Hall–Kier alpha value is -1.52. The van der Waals surface area contributed by atoms with Crippen molar-refractivity contribution in [1.82, 2.24) is 5.32 Å². The number of hydrogen-bond donors (Lipinski definition) is 2. The number of carbonyl (C=O) groups is 2. The maximum atomic E-state index is 13.0. The van der Waals surface area contributed by atoms with Gasteiger partial charge in [-0.1, -0.05) is 34.3 Å². The number of carbonyl (C=O) groups excluding carboxylic acids is 2. The molecule has 0 aliphatic rings. The van der Waals surface area contributed by atoms with Gasteiger partial charge in [-0.15, -0.1) is 0 Å². The molecule has 2 N–H and O–H groups in total. The van der Waals surface area contributed by atoms with Crippen molar-refractivity contribution >= 4 is 11.9 Å². The Bertz CT molecular complexity index is 776. The molecular formula is C31H59NO8. The second kappa shape index (κ2) is 18.1. The van der Waals surface area contributed by atoms with Gasteiger partial charge >= 0.3 is 5.97 Å². The molecule has 0 aromatic carbocycles. The van der Waals surface area contributed by atoms with Crippen molar-refractivity contribution < 1.29 is 38.4 Å². The summed E-state index contributed by atoms with van der Waals surface area (Å²) in [6.07, 6.45) is 2.68. The maximum absolute atomic E-state index is 13.0. The summed E-state index contributed by atoms with van der Waals surface area (Å²) < 4.78 is 30.2. The van der Waals surface area contributed by atoms with E-state index in [4.69, 9.17) is 23.7 Å². The quantitative estimate of drug-likeness (QED) is 0.104. The molecule has 0 aromatic heterocycles. The Balaban J connectivity index is 5.23. The predicted molar refractivity (Wildman–Crippen MR) is 158 cm³/mol. The van der Waals surface area contributed by atoms with E-state index in [0.717, 1.165) is 12.8 Å².